The molecule has 2 aliphatic rings. The third kappa shape index (κ3) is 3.77. The van der Waals surface area contributed by atoms with E-state index in [4.69, 9.17) is 17.3 Å². The number of sulfonamides is 1. The topological polar surface area (TPSA) is 83.7 Å². The van der Waals surface area contributed by atoms with Crippen molar-refractivity contribution in [3.8, 4) is 0 Å². The summed E-state index contributed by atoms with van der Waals surface area (Å²) in [6.07, 6.45) is 3.12. The minimum atomic E-state index is -3.53. The van der Waals surface area contributed by atoms with Crippen molar-refractivity contribution in [2.45, 2.75) is 35.9 Å². The summed E-state index contributed by atoms with van der Waals surface area (Å²) >= 11 is 6.92. The average molecular weight is 392 g/mol. The zero-order valence-corrected chi connectivity index (χ0v) is 15.7. The van der Waals surface area contributed by atoms with Gasteiger partial charge in [0.15, 0.2) is 0 Å². The molecule has 24 heavy (non-hydrogen) atoms. The fourth-order valence-electron chi connectivity index (χ4n) is 3.42. The van der Waals surface area contributed by atoms with E-state index in [2.05, 4.69) is 0 Å². The van der Waals surface area contributed by atoms with Gasteiger partial charge in [0.05, 0.1) is 4.34 Å². The summed E-state index contributed by atoms with van der Waals surface area (Å²) in [7, 11) is -3.53. The number of hydrogen-bond acceptors (Lipinski definition) is 5. The number of thiophene rings is 1. The summed E-state index contributed by atoms with van der Waals surface area (Å²) in [5.41, 5.74) is 5.90. The minimum absolute atomic E-state index is 0.000685. The molecule has 0 radical (unpaired) electrons. The monoisotopic (exact) mass is 391 g/mol. The standard InChI is InChI=1S/C15H22ClN3O3S2/c16-13-4-5-14(23-13)24(21,22)19-7-1-6-18(8-9-19)15(20)11-2-3-12(17)10-11/h4-5,11-12H,1-3,6-10,17H2. The van der Waals surface area contributed by atoms with E-state index in [9.17, 15) is 13.2 Å². The molecule has 1 saturated carbocycles. The second-order valence-corrected chi connectivity index (χ2v) is 10.3. The summed E-state index contributed by atoms with van der Waals surface area (Å²) < 4.78 is 27.5. The smallest absolute Gasteiger partial charge is 0.252 e. The molecule has 134 valence electrons. The summed E-state index contributed by atoms with van der Waals surface area (Å²) in [5.74, 6) is 0.126. The first-order chi connectivity index (χ1) is 11.4. The molecule has 1 aromatic rings. The lowest BCUT2D eigenvalue weighted by molar-refractivity contribution is -0.135. The van der Waals surface area contributed by atoms with Crippen LogP contribution >= 0.6 is 22.9 Å². The zero-order chi connectivity index (χ0) is 17.3. The number of carbonyl (C=O) groups excluding carboxylic acids is 1. The van der Waals surface area contributed by atoms with Gasteiger partial charge in [-0.25, -0.2) is 8.42 Å². The van der Waals surface area contributed by atoms with Crippen molar-refractivity contribution >= 4 is 38.9 Å². The van der Waals surface area contributed by atoms with E-state index in [1.54, 1.807) is 11.0 Å². The Hall–Kier alpha value is -0.670. The lowest BCUT2D eigenvalue weighted by Gasteiger charge is -2.24. The van der Waals surface area contributed by atoms with E-state index >= 15 is 0 Å². The Kier molecular flexibility index (Phi) is 5.51. The van der Waals surface area contributed by atoms with Crippen LogP contribution in [-0.4, -0.2) is 55.8 Å². The van der Waals surface area contributed by atoms with Gasteiger partial charge in [0.25, 0.3) is 10.0 Å². The van der Waals surface area contributed by atoms with Gasteiger partial charge in [-0.1, -0.05) is 11.6 Å². The van der Waals surface area contributed by atoms with Gasteiger partial charge in [-0.05, 0) is 37.8 Å². The lowest BCUT2D eigenvalue weighted by Crippen LogP contribution is -2.39. The van der Waals surface area contributed by atoms with Crippen molar-refractivity contribution < 1.29 is 13.2 Å². The third-order valence-corrected chi connectivity index (χ3v) is 8.33. The van der Waals surface area contributed by atoms with Crippen LogP contribution in [0.3, 0.4) is 0 Å². The normalized spacial score (nSPS) is 26.5. The first-order valence-corrected chi connectivity index (χ1v) is 10.8. The number of nitrogens with zero attached hydrogens (tertiary/aromatic N) is 2. The first kappa shape index (κ1) is 18.1. The summed E-state index contributed by atoms with van der Waals surface area (Å²) in [4.78, 5) is 14.4. The summed E-state index contributed by atoms with van der Waals surface area (Å²) in [6.45, 7) is 1.78. The molecule has 3 rings (SSSR count). The van der Waals surface area contributed by atoms with Crippen LogP contribution in [0.2, 0.25) is 4.34 Å². The molecular weight excluding hydrogens is 370 g/mol. The number of carbonyl (C=O) groups is 1. The van der Waals surface area contributed by atoms with E-state index in [1.807, 2.05) is 0 Å². The van der Waals surface area contributed by atoms with Crippen LogP contribution in [-0.2, 0) is 14.8 Å². The first-order valence-electron chi connectivity index (χ1n) is 8.18. The molecule has 1 aliphatic heterocycles. The minimum Gasteiger partial charge on any atom is -0.341 e. The van der Waals surface area contributed by atoms with Crippen LogP contribution in [0.4, 0.5) is 0 Å². The highest BCUT2D eigenvalue weighted by Gasteiger charge is 2.34. The molecule has 0 spiro atoms. The Morgan fingerprint density at radius 3 is 2.62 bits per heavy atom. The quantitative estimate of drug-likeness (QED) is 0.850. The van der Waals surface area contributed by atoms with Crippen LogP contribution in [0.15, 0.2) is 16.3 Å². The molecule has 9 heteroatoms. The average Bonchev–Trinajstić information content (AvgIpc) is 3.08. The zero-order valence-electron chi connectivity index (χ0n) is 13.4. The predicted octanol–water partition coefficient (Wildman–Crippen LogP) is 1.75. The molecule has 6 nitrogen and oxygen atoms in total. The van der Waals surface area contributed by atoms with E-state index in [0.717, 1.165) is 30.6 Å². The van der Waals surface area contributed by atoms with Crippen molar-refractivity contribution in [3.63, 3.8) is 0 Å². The van der Waals surface area contributed by atoms with Gasteiger partial charge in [-0.3, -0.25) is 4.79 Å². The van der Waals surface area contributed by atoms with E-state index < -0.39 is 10.0 Å². The second kappa shape index (κ2) is 7.29. The van der Waals surface area contributed by atoms with Crippen LogP contribution in [0.5, 0.6) is 0 Å². The van der Waals surface area contributed by atoms with Gasteiger partial charge in [0, 0.05) is 38.1 Å². The van der Waals surface area contributed by atoms with E-state index in [0.29, 0.717) is 36.9 Å². The maximum absolute atomic E-state index is 12.7. The SMILES string of the molecule is NC1CCC(C(=O)N2CCCN(S(=O)(=O)c3ccc(Cl)s3)CC2)C1. The van der Waals surface area contributed by atoms with Gasteiger partial charge >= 0.3 is 0 Å². The van der Waals surface area contributed by atoms with E-state index in [1.165, 1.54) is 10.4 Å². The molecule has 2 atom stereocenters. The molecule has 2 fully saturated rings. The van der Waals surface area contributed by atoms with Gasteiger partial charge in [-0.15, -0.1) is 11.3 Å². The Labute approximate surface area is 151 Å². The van der Waals surface area contributed by atoms with Crippen molar-refractivity contribution in [2.75, 3.05) is 26.2 Å². The highest BCUT2D eigenvalue weighted by Crippen LogP contribution is 2.29. The van der Waals surface area contributed by atoms with Crippen molar-refractivity contribution in [1.29, 1.82) is 0 Å². The fourth-order valence-corrected chi connectivity index (χ4v) is 6.52. The number of rotatable bonds is 3. The Balaban J connectivity index is 1.66. The van der Waals surface area contributed by atoms with Gasteiger partial charge in [0.2, 0.25) is 5.91 Å². The Morgan fingerprint density at radius 1 is 1.21 bits per heavy atom. The van der Waals surface area contributed by atoms with Crippen LogP contribution in [0.25, 0.3) is 0 Å². The highest BCUT2D eigenvalue weighted by molar-refractivity contribution is 7.91. The molecule has 0 aromatic carbocycles. The van der Waals surface area contributed by atoms with Gasteiger partial charge in [-0.2, -0.15) is 4.31 Å². The molecule has 2 N–H and O–H groups in total. The number of hydrogen-bond donors (Lipinski definition) is 1. The van der Waals surface area contributed by atoms with Crippen molar-refractivity contribution in [1.82, 2.24) is 9.21 Å². The molecule has 2 heterocycles. The molecule has 2 unspecified atom stereocenters. The van der Waals surface area contributed by atoms with Crippen molar-refractivity contribution in [3.05, 3.63) is 16.5 Å². The number of halogens is 1. The van der Waals surface area contributed by atoms with Crippen LogP contribution < -0.4 is 5.73 Å². The highest BCUT2D eigenvalue weighted by atomic mass is 35.5. The third-order valence-electron chi connectivity index (χ3n) is 4.73. The largest absolute Gasteiger partial charge is 0.341 e. The Morgan fingerprint density at radius 2 is 2.00 bits per heavy atom. The van der Waals surface area contributed by atoms with Gasteiger partial charge in [0.1, 0.15) is 4.21 Å². The van der Waals surface area contributed by atoms with Gasteiger partial charge < -0.3 is 10.6 Å². The number of amides is 1. The molecule has 1 aliphatic carbocycles. The second-order valence-electron chi connectivity index (χ2n) is 6.41. The van der Waals surface area contributed by atoms with Crippen LogP contribution in [0, 0.1) is 5.92 Å². The summed E-state index contributed by atoms with van der Waals surface area (Å²) in [6, 6.07) is 3.25. The lowest BCUT2D eigenvalue weighted by atomic mass is 10.1. The Bertz CT molecular complexity index is 707. The molecular formula is C15H22ClN3O3S2. The maximum atomic E-state index is 12.7. The maximum Gasteiger partial charge on any atom is 0.252 e. The van der Waals surface area contributed by atoms with Crippen molar-refractivity contribution in [2.24, 2.45) is 11.7 Å². The van der Waals surface area contributed by atoms with Crippen LogP contribution in [0.1, 0.15) is 25.7 Å². The molecule has 1 aromatic heterocycles. The fraction of sp³-hybridized carbons (Fsp3) is 0.667. The number of nitrogens with two attached hydrogens (primary N) is 1. The summed E-state index contributed by atoms with van der Waals surface area (Å²) in [5, 5.41) is 0. The molecule has 0 bridgehead atoms. The molecule has 1 saturated heterocycles. The van der Waals surface area contributed by atoms with E-state index in [-0.39, 0.29) is 22.1 Å². The predicted molar refractivity (Wildman–Crippen MR) is 94.6 cm³/mol. The molecule has 1 amide bonds.